The normalized spacial score (nSPS) is 11.7. The van der Waals surface area contributed by atoms with E-state index in [2.05, 4.69) is 15.6 Å². The summed E-state index contributed by atoms with van der Waals surface area (Å²) in [6.45, 7) is 6.10. The third-order valence-corrected chi connectivity index (χ3v) is 2.58. The van der Waals surface area contributed by atoms with Crippen molar-refractivity contribution in [2.24, 2.45) is 5.73 Å². The Balaban J connectivity index is 2.84. The van der Waals surface area contributed by atoms with Crippen LogP contribution >= 0.6 is 12.2 Å². The van der Waals surface area contributed by atoms with E-state index in [1.165, 1.54) is 0 Å². The molecule has 5 nitrogen and oxygen atoms in total. The van der Waals surface area contributed by atoms with Crippen molar-refractivity contribution in [3.8, 4) is 0 Å². The highest BCUT2D eigenvalue weighted by Gasteiger charge is 2.12. The molecule has 1 heterocycles. The highest BCUT2D eigenvalue weighted by atomic mass is 32.1. The third kappa shape index (κ3) is 3.96. The zero-order valence-corrected chi connectivity index (χ0v) is 11.6. The topological polar surface area (TPSA) is 80.0 Å². The summed E-state index contributed by atoms with van der Waals surface area (Å²) in [6.07, 6.45) is 0. The van der Waals surface area contributed by atoms with Crippen LogP contribution in [0.5, 0.6) is 0 Å². The molecular weight excluding hydrogens is 248 g/mol. The first-order valence-electron chi connectivity index (χ1n) is 5.76. The summed E-state index contributed by atoms with van der Waals surface area (Å²) in [5, 5.41) is 5.76. The molecule has 0 saturated heterocycles. The van der Waals surface area contributed by atoms with Crippen LogP contribution in [-0.4, -0.2) is 28.5 Å². The van der Waals surface area contributed by atoms with Gasteiger partial charge in [-0.3, -0.25) is 4.79 Å². The van der Waals surface area contributed by atoms with E-state index >= 15 is 0 Å². The molecule has 0 bridgehead atoms. The Morgan fingerprint density at radius 3 is 2.78 bits per heavy atom. The number of carbonyl (C=O) groups is 1. The molecule has 98 valence electrons. The van der Waals surface area contributed by atoms with Gasteiger partial charge in [-0.1, -0.05) is 12.2 Å². The van der Waals surface area contributed by atoms with Crippen molar-refractivity contribution in [1.29, 1.82) is 0 Å². The molecule has 0 fully saturated rings. The van der Waals surface area contributed by atoms with E-state index in [0.717, 1.165) is 11.3 Å². The van der Waals surface area contributed by atoms with Crippen LogP contribution in [0.4, 0.5) is 5.82 Å². The van der Waals surface area contributed by atoms with Crippen LogP contribution in [0.25, 0.3) is 0 Å². The van der Waals surface area contributed by atoms with Gasteiger partial charge < -0.3 is 16.4 Å². The molecule has 1 rings (SSSR count). The number of carbonyl (C=O) groups excluding carboxylic acids is 1. The minimum atomic E-state index is -0.363. The maximum Gasteiger partial charge on any atom is 0.242 e. The van der Waals surface area contributed by atoms with Crippen molar-refractivity contribution < 1.29 is 4.79 Å². The van der Waals surface area contributed by atoms with Crippen molar-refractivity contribution in [2.75, 3.05) is 11.9 Å². The minimum Gasteiger partial charge on any atom is -0.389 e. The molecule has 1 unspecified atom stereocenters. The van der Waals surface area contributed by atoms with Crippen molar-refractivity contribution in [1.82, 2.24) is 10.3 Å². The molecule has 0 radical (unpaired) electrons. The van der Waals surface area contributed by atoms with Gasteiger partial charge in [0.25, 0.3) is 0 Å². The first-order chi connectivity index (χ1) is 8.43. The van der Waals surface area contributed by atoms with Crippen LogP contribution in [0.1, 0.15) is 25.1 Å². The second kappa shape index (κ2) is 6.30. The number of aryl methyl sites for hydroxylation is 1. The number of pyridine rings is 1. The Labute approximate surface area is 112 Å². The molecule has 0 aliphatic carbocycles. The average molecular weight is 266 g/mol. The number of hydrogen-bond donors (Lipinski definition) is 3. The molecule has 18 heavy (non-hydrogen) atoms. The van der Waals surface area contributed by atoms with Gasteiger partial charge in [-0.05, 0) is 32.9 Å². The fourth-order valence-electron chi connectivity index (χ4n) is 1.50. The fourth-order valence-corrected chi connectivity index (χ4v) is 1.62. The Kier molecular flexibility index (Phi) is 5.03. The number of amides is 1. The monoisotopic (exact) mass is 266 g/mol. The molecule has 0 aliphatic rings. The van der Waals surface area contributed by atoms with Crippen molar-refractivity contribution >= 4 is 28.9 Å². The summed E-state index contributed by atoms with van der Waals surface area (Å²) in [5.74, 6) is 0.522. The standard InChI is InChI=1S/C12H18N4OS/c1-4-14-12(17)8(3)16-10-6-9(11(13)18)5-7(2)15-10/h5-6,8H,4H2,1-3H3,(H2,13,18)(H,14,17)(H,15,16). The Bertz CT molecular complexity index is 461. The van der Waals surface area contributed by atoms with Gasteiger partial charge >= 0.3 is 0 Å². The molecule has 0 spiro atoms. The number of aromatic nitrogens is 1. The lowest BCUT2D eigenvalue weighted by molar-refractivity contribution is -0.121. The second-order valence-corrected chi connectivity index (χ2v) is 4.45. The molecule has 0 saturated carbocycles. The maximum absolute atomic E-state index is 11.6. The fraction of sp³-hybridized carbons (Fsp3) is 0.417. The van der Waals surface area contributed by atoms with Crippen LogP contribution in [0.3, 0.4) is 0 Å². The lowest BCUT2D eigenvalue weighted by Gasteiger charge is -2.15. The zero-order chi connectivity index (χ0) is 13.7. The van der Waals surface area contributed by atoms with Crippen molar-refractivity contribution in [3.05, 3.63) is 23.4 Å². The van der Waals surface area contributed by atoms with Crippen molar-refractivity contribution in [3.63, 3.8) is 0 Å². The van der Waals surface area contributed by atoms with E-state index < -0.39 is 0 Å². The Morgan fingerprint density at radius 2 is 2.22 bits per heavy atom. The summed E-state index contributed by atoms with van der Waals surface area (Å²) >= 11 is 4.93. The summed E-state index contributed by atoms with van der Waals surface area (Å²) in [6, 6.07) is 3.19. The highest BCUT2D eigenvalue weighted by Crippen LogP contribution is 2.11. The smallest absolute Gasteiger partial charge is 0.242 e. The van der Waals surface area contributed by atoms with Gasteiger partial charge in [0.2, 0.25) is 5.91 Å². The van der Waals surface area contributed by atoms with Gasteiger partial charge in [0.15, 0.2) is 0 Å². The van der Waals surface area contributed by atoms with Crippen LogP contribution < -0.4 is 16.4 Å². The number of nitrogens with zero attached hydrogens (tertiary/aromatic N) is 1. The van der Waals surface area contributed by atoms with Crippen LogP contribution in [0.15, 0.2) is 12.1 Å². The molecular formula is C12H18N4OS. The van der Waals surface area contributed by atoms with Gasteiger partial charge in [-0.15, -0.1) is 0 Å². The predicted molar refractivity (Wildman–Crippen MR) is 76.6 cm³/mol. The molecule has 1 aromatic heterocycles. The largest absolute Gasteiger partial charge is 0.389 e. The van der Waals surface area contributed by atoms with Gasteiger partial charge in [0, 0.05) is 17.8 Å². The van der Waals surface area contributed by atoms with Gasteiger partial charge in [-0.2, -0.15) is 0 Å². The second-order valence-electron chi connectivity index (χ2n) is 4.01. The first-order valence-corrected chi connectivity index (χ1v) is 6.17. The number of hydrogen-bond acceptors (Lipinski definition) is 4. The van der Waals surface area contributed by atoms with E-state index in [9.17, 15) is 4.79 Å². The van der Waals surface area contributed by atoms with E-state index in [1.54, 1.807) is 13.0 Å². The van der Waals surface area contributed by atoms with Crippen molar-refractivity contribution in [2.45, 2.75) is 26.8 Å². The number of rotatable bonds is 5. The predicted octanol–water partition coefficient (Wildman–Crippen LogP) is 0.961. The average Bonchev–Trinajstić information content (AvgIpc) is 2.28. The third-order valence-electron chi connectivity index (χ3n) is 2.35. The van der Waals surface area contributed by atoms with Crippen LogP contribution in [0, 0.1) is 6.92 Å². The zero-order valence-electron chi connectivity index (χ0n) is 10.8. The highest BCUT2D eigenvalue weighted by molar-refractivity contribution is 7.80. The molecule has 0 aliphatic heterocycles. The SMILES string of the molecule is CCNC(=O)C(C)Nc1cc(C(N)=S)cc(C)n1. The Morgan fingerprint density at radius 1 is 1.56 bits per heavy atom. The lowest BCUT2D eigenvalue weighted by Crippen LogP contribution is -2.37. The van der Waals surface area contributed by atoms with E-state index in [1.807, 2.05) is 19.9 Å². The van der Waals surface area contributed by atoms with Crippen LogP contribution in [-0.2, 0) is 4.79 Å². The number of likely N-dealkylation sites (N-methyl/N-ethyl adjacent to an activating group) is 1. The van der Waals surface area contributed by atoms with Gasteiger partial charge in [0.1, 0.15) is 16.8 Å². The number of nitrogens with two attached hydrogens (primary N) is 1. The molecule has 6 heteroatoms. The van der Waals surface area contributed by atoms with E-state index in [0.29, 0.717) is 17.4 Å². The van der Waals surface area contributed by atoms with Gasteiger partial charge in [0.05, 0.1) is 0 Å². The summed E-state index contributed by atoms with van der Waals surface area (Å²) in [5.41, 5.74) is 7.12. The summed E-state index contributed by atoms with van der Waals surface area (Å²) in [7, 11) is 0. The van der Waals surface area contributed by atoms with E-state index in [-0.39, 0.29) is 11.9 Å². The summed E-state index contributed by atoms with van der Waals surface area (Å²) < 4.78 is 0. The molecule has 4 N–H and O–H groups in total. The number of anilines is 1. The van der Waals surface area contributed by atoms with Crippen LogP contribution in [0.2, 0.25) is 0 Å². The Hall–Kier alpha value is -1.69. The first kappa shape index (κ1) is 14.4. The minimum absolute atomic E-state index is 0.0716. The summed E-state index contributed by atoms with van der Waals surface area (Å²) in [4.78, 5) is 16.2. The lowest BCUT2D eigenvalue weighted by atomic mass is 10.2. The number of thiocarbonyl (C=S) groups is 1. The molecule has 1 amide bonds. The molecule has 1 aromatic rings. The number of nitrogens with one attached hydrogen (secondary N) is 2. The molecule has 0 aromatic carbocycles. The van der Waals surface area contributed by atoms with E-state index in [4.69, 9.17) is 18.0 Å². The molecule has 1 atom stereocenters. The van der Waals surface area contributed by atoms with Gasteiger partial charge in [-0.25, -0.2) is 4.98 Å². The quantitative estimate of drug-likeness (QED) is 0.692. The maximum atomic E-state index is 11.6.